The van der Waals surface area contributed by atoms with Gasteiger partial charge in [0.15, 0.2) is 0 Å². The average molecular weight is 469 g/mol. The van der Waals surface area contributed by atoms with Crippen LogP contribution in [0.25, 0.3) is 0 Å². The maximum atomic E-state index is 6.29. The van der Waals surface area contributed by atoms with Gasteiger partial charge in [-0.25, -0.2) is 0 Å². The van der Waals surface area contributed by atoms with Gasteiger partial charge in [0, 0.05) is 12.7 Å². The quantitative estimate of drug-likeness (QED) is 0.0928. The average Bonchev–Trinajstić information content (AvgIpc) is 2.79. The highest BCUT2D eigenvalue weighted by Gasteiger charge is 2.29. The van der Waals surface area contributed by atoms with E-state index < -0.39 is 8.56 Å². The Labute approximate surface area is 204 Å². The van der Waals surface area contributed by atoms with Crippen molar-refractivity contribution in [3.05, 3.63) is 12.3 Å². The SMILES string of the molecule is C=C[Si](C)(OCCCCCCCCCCCCCCCCCC)OC(C)CCCCCC. The zero-order chi connectivity index (χ0) is 23.8. The molecule has 0 saturated heterocycles. The Morgan fingerprint density at radius 2 is 1.00 bits per heavy atom. The summed E-state index contributed by atoms with van der Waals surface area (Å²) in [6.45, 7) is 13.7. The summed E-state index contributed by atoms with van der Waals surface area (Å²) in [7, 11) is -2.20. The van der Waals surface area contributed by atoms with Gasteiger partial charge in [-0.05, 0) is 32.0 Å². The molecule has 0 aliphatic heterocycles. The molecule has 0 spiro atoms. The fourth-order valence-electron chi connectivity index (χ4n) is 4.38. The van der Waals surface area contributed by atoms with Crippen molar-refractivity contribution in [1.82, 2.24) is 0 Å². The van der Waals surface area contributed by atoms with E-state index in [1.807, 2.05) is 5.70 Å². The van der Waals surface area contributed by atoms with E-state index in [1.54, 1.807) is 0 Å². The molecular weight excluding hydrogens is 408 g/mol. The van der Waals surface area contributed by atoms with E-state index in [2.05, 4.69) is 33.9 Å². The molecule has 2 nitrogen and oxygen atoms in total. The molecule has 0 aliphatic carbocycles. The monoisotopic (exact) mass is 468 g/mol. The van der Waals surface area contributed by atoms with E-state index in [4.69, 9.17) is 8.85 Å². The van der Waals surface area contributed by atoms with E-state index in [-0.39, 0.29) is 6.10 Å². The highest BCUT2D eigenvalue weighted by atomic mass is 28.4. The summed E-state index contributed by atoms with van der Waals surface area (Å²) >= 11 is 0. The molecule has 0 bridgehead atoms. The van der Waals surface area contributed by atoms with E-state index in [1.165, 1.54) is 122 Å². The molecule has 0 amide bonds. The summed E-state index contributed by atoms with van der Waals surface area (Å²) in [4.78, 5) is 0. The van der Waals surface area contributed by atoms with Gasteiger partial charge in [0.05, 0.1) is 0 Å². The molecule has 0 rings (SSSR count). The molecular formula is C29H60O2Si. The number of unbranched alkanes of at least 4 members (excludes halogenated alkanes) is 18. The summed E-state index contributed by atoms with van der Waals surface area (Å²) in [6, 6.07) is 0. The topological polar surface area (TPSA) is 18.5 Å². The van der Waals surface area contributed by atoms with Crippen LogP contribution in [0.1, 0.15) is 156 Å². The first kappa shape index (κ1) is 31.9. The summed E-state index contributed by atoms with van der Waals surface area (Å²) < 4.78 is 12.5. The fourth-order valence-corrected chi connectivity index (χ4v) is 6.13. The zero-order valence-electron chi connectivity index (χ0n) is 22.7. The van der Waals surface area contributed by atoms with Crippen LogP contribution in [0, 0.1) is 0 Å². The first-order valence-corrected chi connectivity index (χ1v) is 16.9. The van der Waals surface area contributed by atoms with Gasteiger partial charge in [-0.2, -0.15) is 0 Å². The Bertz CT molecular complexity index is 387. The molecule has 0 N–H and O–H groups in total. The largest absolute Gasteiger partial charge is 0.391 e. The standard InChI is InChI=1S/C29H60O2Si/c1-6-9-11-13-14-15-16-17-18-19-20-21-22-23-24-26-28-30-32(5,8-3)31-29(4)27-25-12-10-7-2/h8,29H,3,6-7,9-28H2,1-2,4-5H3. The molecule has 0 aromatic heterocycles. The second kappa shape index (κ2) is 24.0. The highest BCUT2D eigenvalue weighted by Crippen LogP contribution is 2.18. The Morgan fingerprint density at radius 3 is 1.41 bits per heavy atom. The van der Waals surface area contributed by atoms with Crippen molar-refractivity contribution in [2.45, 2.75) is 168 Å². The van der Waals surface area contributed by atoms with Crippen molar-refractivity contribution in [3.63, 3.8) is 0 Å². The van der Waals surface area contributed by atoms with Crippen LogP contribution >= 0.6 is 0 Å². The molecule has 2 atom stereocenters. The van der Waals surface area contributed by atoms with E-state index in [0.29, 0.717) is 0 Å². The zero-order valence-corrected chi connectivity index (χ0v) is 23.7. The third-order valence-electron chi connectivity index (χ3n) is 6.66. The van der Waals surface area contributed by atoms with Gasteiger partial charge in [0.1, 0.15) is 0 Å². The molecule has 0 saturated carbocycles. The van der Waals surface area contributed by atoms with Crippen molar-refractivity contribution in [3.8, 4) is 0 Å². The Kier molecular flexibility index (Phi) is 23.9. The molecule has 0 aromatic carbocycles. The van der Waals surface area contributed by atoms with Crippen LogP contribution in [-0.2, 0) is 8.85 Å². The van der Waals surface area contributed by atoms with Gasteiger partial charge in [-0.1, -0.05) is 136 Å². The Morgan fingerprint density at radius 1 is 0.625 bits per heavy atom. The molecule has 0 heterocycles. The Hall–Kier alpha value is -0.123. The van der Waals surface area contributed by atoms with E-state index in [0.717, 1.165) is 19.4 Å². The third-order valence-corrected chi connectivity index (χ3v) is 9.05. The summed E-state index contributed by atoms with van der Waals surface area (Å²) in [5.41, 5.74) is 1.96. The first-order valence-electron chi connectivity index (χ1n) is 14.5. The van der Waals surface area contributed by atoms with Gasteiger partial charge < -0.3 is 8.85 Å². The minimum atomic E-state index is -2.20. The van der Waals surface area contributed by atoms with Gasteiger partial charge >= 0.3 is 8.56 Å². The third kappa shape index (κ3) is 21.7. The maximum Gasteiger partial charge on any atom is 0.361 e. The maximum absolute atomic E-state index is 6.29. The van der Waals surface area contributed by atoms with Crippen molar-refractivity contribution < 1.29 is 8.85 Å². The molecule has 0 aliphatic rings. The van der Waals surface area contributed by atoms with Crippen LogP contribution in [0.5, 0.6) is 0 Å². The molecule has 0 aromatic rings. The van der Waals surface area contributed by atoms with Crippen LogP contribution in [0.3, 0.4) is 0 Å². The number of rotatable bonds is 26. The summed E-state index contributed by atoms with van der Waals surface area (Å²) in [5, 5.41) is 0. The molecule has 0 fully saturated rings. The van der Waals surface area contributed by atoms with Crippen molar-refractivity contribution in [1.29, 1.82) is 0 Å². The lowest BCUT2D eigenvalue weighted by molar-refractivity contribution is 0.126. The smallest absolute Gasteiger partial charge is 0.361 e. The van der Waals surface area contributed by atoms with Crippen LogP contribution in [0.2, 0.25) is 6.55 Å². The first-order chi connectivity index (χ1) is 15.6. The van der Waals surface area contributed by atoms with E-state index in [9.17, 15) is 0 Å². The lowest BCUT2D eigenvalue weighted by Crippen LogP contribution is -2.40. The molecule has 2 unspecified atom stereocenters. The van der Waals surface area contributed by atoms with Gasteiger partial charge in [0.2, 0.25) is 0 Å². The second-order valence-corrected chi connectivity index (χ2v) is 13.1. The van der Waals surface area contributed by atoms with E-state index >= 15 is 0 Å². The molecule has 32 heavy (non-hydrogen) atoms. The summed E-state index contributed by atoms with van der Waals surface area (Å²) in [6.07, 6.45) is 29.1. The minimum Gasteiger partial charge on any atom is -0.391 e. The number of hydrogen-bond donors (Lipinski definition) is 0. The summed E-state index contributed by atoms with van der Waals surface area (Å²) in [5.74, 6) is 0. The van der Waals surface area contributed by atoms with Gasteiger partial charge in [-0.15, -0.1) is 6.58 Å². The normalized spacial score (nSPS) is 14.4. The van der Waals surface area contributed by atoms with Gasteiger partial charge in [0.25, 0.3) is 0 Å². The lowest BCUT2D eigenvalue weighted by Gasteiger charge is -2.27. The van der Waals surface area contributed by atoms with Crippen LogP contribution < -0.4 is 0 Å². The van der Waals surface area contributed by atoms with Gasteiger partial charge in [-0.3, -0.25) is 0 Å². The predicted octanol–water partition coefficient (Wildman–Crippen LogP) is 10.4. The van der Waals surface area contributed by atoms with Crippen LogP contribution in [0.4, 0.5) is 0 Å². The van der Waals surface area contributed by atoms with Crippen LogP contribution in [-0.4, -0.2) is 21.3 Å². The highest BCUT2D eigenvalue weighted by molar-refractivity contribution is 6.71. The minimum absolute atomic E-state index is 0.285. The lowest BCUT2D eigenvalue weighted by atomic mass is 10.0. The van der Waals surface area contributed by atoms with Crippen LogP contribution in [0.15, 0.2) is 12.3 Å². The molecule has 0 radical (unpaired) electrons. The van der Waals surface area contributed by atoms with Crippen molar-refractivity contribution in [2.75, 3.05) is 6.61 Å². The van der Waals surface area contributed by atoms with Crippen molar-refractivity contribution in [2.24, 2.45) is 0 Å². The number of hydrogen-bond acceptors (Lipinski definition) is 2. The second-order valence-electron chi connectivity index (χ2n) is 10.1. The molecule has 192 valence electrons. The predicted molar refractivity (Wildman–Crippen MR) is 147 cm³/mol. The Balaban J connectivity index is 3.47. The molecule has 3 heteroatoms. The van der Waals surface area contributed by atoms with Crippen molar-refractivity contribution >= 4 is 8.56 Å². The fraction of sp³-hybridized carbons (Fsp3) is 0.931.